The Bertz CT molecular complexity index is 761. The molecule has 0 fully saturated rings. The van der Waals surface area contributed by atoms with Gasteiger partial charge in [-0.3, -0.25) is 5.43 Å². The minimum atomic E-state index is -4.79. The number of rotatable bonds is 6. The van der Waals surface area contributed by atoms with Crippen LogP contribution in [0.1, 0.15) is 11.3 Å². The molecular weight excluding hydrogens is 362 g/mol. The molecule has 0 saturated carbocycles. The molecule has 0 amide bonds. The van der Waals surface area contributed by atoms with E-state index in [-0.39, 0.29) is 29.5 Å². The first kappa shape index (κ1) is 18.9. The highest BCUT2D eigenvalue weighted by Crippen LogP contribution is 2.34. The normalized spacial score (nSPS) is 11.2. The minimum absolute atomic E-state index is 0.0600. The Morgan fingerprint density at radius 1 is 1.24 bits per heavy atom. The molecule has 2 rings (SSSR count). The second kappa shape index (κ2) is 8.08. The average Bonchev–Trinajstić information content (AvgIpc) is 3.01. The molecule has 5 nitrogen and oxygen atoms in total. The number of benzene rings is 1. The Kier molecular flexibility index (Phi) is 6.10. The van der Waals surface area contributed by atoms with Gasteiger partial charge in [0.2, 0.25) is 0 Å². The van der Waals surface area contributed by atoms with Crippen molar-refractivity contribution in [1.82, 2.24) is 16.2 Å². The smallest absolute Gasteiger partial charge is 0.419 e. The fraction of sp³-hybridized carbons (Fsp3) is 0.200. The van der Waals surface area contributed by atoms with E-state index in [1.165, 1.54) is 12.1 Å². The van der Waals surface area contributed by atoms with Gasteiger partial charge >= 0.3 is 6.18 Å². The molecule has 0 aliphatic heterocycles. The number of halogens is 4. The molecule has 1 aromatic heterocycles. The summed E-state index contributed by atoms with van der Waals surface area (Å²) in [6, 6.07) is 5.69. The summed E-state index contributed by atoms with van der Waals surface area (Å²) in [5.74, 6) is -0.757. The van der Waals surface area contributed by atoms with Crippen molar-refractivity contribution in [3.63, 3.8) is 0 Å². The molecule has 0 atom stereocenters. The van der Waals surface area contributed by atoms with Crippen LogP contribution in [0, 0.1) is 5.82 Å². The molecule has 25 heavy (non-hydrogen) atoms. The quantitative estimate of drug-likeness (QED) is 0.312. The average molecular weight is 375 g/mol. The second-order valence-corrected chi connectivity index (χ2v) is 5.22. The van der Waals surface area contributed by atoms with Crippen molar-refractivity contribution in [2.75, 3.05) is 6.54 Å². The van der Waals surface area contributed by atoms with Crippen molar-refractivity contribution < 1.29 is 26.8 Å². The third-order valence-corrected chi connectivity index (χ3v) is 3.27. The van der Waals surface area contributed by atoms with E-state index in [0.29, 0.717) is 18.1 Å². The lowest BCUT2D eigenvalue weighted by Gasteiger charge is -2.09. The largest absolute Gasteiger partial charge is 0.460 e. The number of aldehydes is 1. The van der Waals surface area contributed by atoms with Crippen molar-refractivity contribution in [2.24, 2.45) is 0 Å². The molecular formula is C15H13F4N3O2S. The Morgan fingerprint density at radius 3 is 2.68 bits per heavy atom. The Balaban J connectivity index is 2.02. The van der Waals surface area contributed by atoms with Crippen LogP contribution in [0.2, 0.25) is 0 Å². The molecule has 0 radical (unpaired) electrons. The number of carbonyl (C=O) groups is 1. The highest BCUT2D eigenvalue weighted by atomic mass is 32.1. The molecule has 2 aromatic rings. The number of thiocarbonyl (C=S) groups is 1. The molecule has 1 heterocycles. The van der Waals surface area contributed by atoms with Crippen LogP contribution in [0.3, 0.4) is 0 Å². The van der Waals surface area contributed by atoms with Gasteiger partial charge in [-0.2, -0.15) is 13.2 Å². The zero-order valence-electron chi connectivity index (χ0n) is 12.6. The van der Waals surface area contributed by atoms with E-state index < -0.39 is 17.6 Å². The lowest BCUT2D eigenvalue weighted by atomic mass is 10.1. The molecule has 134 valence electrons. The zero-order chi connectivity index (χ0) is 18.4. The highest BCUT2D eigenvalue weighted by Gasteiger charge is 2.34. The summed E-state index contributed by atoms with van der Waals surface area (Å²) in [6.07, 6.45) is -4.14. The van der Waals surface area contributed by atoms with E-state index >= 15 is 0 Å². The van der Waals surface area contributed by atoms with E-state index in [9.17, 15) is 22.4 Å². The molecule has 0 bridgehead atoms. The van der Waals surface area contributed by atoms with Gasteiger partial charge in [0.15, 0.2) is 5.11 Å². The van der Waals surface area contributed by atoms with Crippen LogP contribution >= 0.6 is 12.2 Å². The maximum absolute atomic E-state index is 13.3. The van der Waals surface area contributed by atoms with Crippen LogP contribution in [-0.4, -0.2) is 17.9 Å². The van der Waals surface area contributed by atoms with Gasteiger partial charge in [-0.1, -0.05) is 0 Å². The van der Waals surface area contributed by atoms with Gasteiger partial charge in [0, 0.05) is 5.56 Å². The number of nitrogens with one attached hydrogen (secondary N) is 3. The predicted molar refractivity (Wildman–Crippen MR) is 85.7 cm³/mol. The summed E-state index contributed by atoms with van der Waals surface area (Å²) in [5.41, 5.74) is 4.08. The summed E-state index contributed by atoms with van der Waals surface area (Å²) in [5, 5.41) is 2.79. The number of carbonyl (C=O) groups excluding carboxylic acids is 1. The van der Waals surface area contributed by atoms with Crippen molar-refractivity contribution in [3.8, 4) is 11.3 Å². The fourth-order valence-corrected chi connectivity index (χ4v) is 2.07. The lowest BCUT2D eigenvalue weighted by Crippen LogP contribution is -2.44. The number of hydrazine groups is 1. The molecule has 1 aromatic carbocycles. The fourth-order valence-electron chi connectivity index (χ4n) is 1.91. The van der Waals surface area contributed by atoms with Gasteiger partial charge in [-0.25, -0.2) is 9.82 Å². The second-order valence-electron chi connectivity index (χ2n) is 4.81. The predicted octanol–water partition coefficient (Wildman–Crippen LogP) is 2.77. The van der Waals surface area contributed by atoms with Crippen LogP contribution in [-0.2, 0) is 17.5 Å². The molecule has 3 N–H and O–H groups in total. The number of hydrogen-bond donors (Lipinski definition) is 3. The molecule has 0 aliphatic carbocycles. The molecule has 0 spiro atoms. The van der Waals surface area contributed by atoms with Crippen LogP contribution in [0.4, 0.5) is 17.6 Å². The SMILES string of the molecule is O=CCNC(=S)NNCc1ccc(-c2ccc(F)c(C(F)(F)F)c2)o1. The van der Waals surface area contributed by atoms with Gasteiger partial charge in [0.1, 0.15) is 23.6 Å². The number of hydrogen-bond acceptors (Lipinski definition) is 4. The molecule has 0 saturated heterocycles. The Morgan fingerprint density at radius 2 is 2.00 bits per heavy atom. The first-order chi connectivity index (χ1) is 11.8. The van der Waals surface area contributed by atoms with E-state index in [4.69, 9.17) is 16.6 Å². The third kappa shape index (κ3) is 5.26. The minimum Gasteiger partial charge on any atom is -0.460 e. The summed E-state index contributed by atoms with van der Waals surface area (Å²) >= 11 is 4.86. The zero-order valence-corrected chi connectivity index (χ0v) is 13.4. The summed E-state index contributed by atoms with van der Waals surface area (Å²) in [6.45, 7) is 0.237. The van der Waals surface area contributed by atoms with E-state index in [1.54, 1.807) is 6.07 Å². The van der Waals surface area contributed by atoms with Crippen molar-refractivity contribution in [3.05, 3.63) is 47.5 Å². The summed E-state index contributed by atoms with van der Waals surface area (Å²) < 4.78 is 57.0. The van der Waals surface area contributed by atoms with E-state index in [2.05, 4.69) is 16.2 Å². The summed E-state index contributed by atoms with van der Waals surface area (Å²) in [4.78, 5) is 10.2. The first-order valence-corrected chi connectivity index (χ1v) is 7.38. The maximum Gasteiger partial charge on any atom is 0.419 e. The van der Waals surface area contributed by atoms with Crippen molar-refractivity contribution >= 4 is 23.6 Å². The Labute approximate surface area is 145 Å². The third-order valence-electron chi connectivity index (χ3n) is 3.03. The number of alkyl halides is 3. The van der Waals surface area contributed by atoms with Crippen molar-refractivity contribution in [2.45, 2.75) is 12.7 Å². The van der Waals surface area contributed by atoms with E-state index in [0.717, 1.165) is 6.07 Å². The summed E-state index contributed by atoms with van der Waals surface area (Å²) in [7, 11) is 0. The first-order valence-electron chi connectivity index (χ1n) is 6.97. The van der Waals surface area contributed by atoms with Gasteiger partial charge in [0.25, 0.3) is 0 Å². The van der Waals surface area contributed by atoms with Gasteiger partial charge in [-0.15, -0.1) is 0 Å². The van der Waals surface area contributed by atoms with Crippen LogP contribution in [0.25, 0.3) is 11.3 Å². The molecule has 0 aliphatic rings. The highest BCUT2D eigenvalue weighted by molar-refractivity contribution is 7.80. The maximum atomic E-state index is 13.3. The molecule has 0 unspecified atom stereocenters. The number of furan rings is 1. The van der Waals surface area contributed by atoms with Crippen LogP contribution < -0.4 is 16.2 Å². The van der Waals surface area contributed by atoms with Crippen molar-refractivity contribution in [1.29, 1.82) is 0 Å². The Hall–Kier alpha value is -2.46. The standard InChI is InChI=1S/C15H13F4N3O2S/c16-12-3-1-9(7-11(12)15(17,18)19)13-4-2-10(24-13)8-21-22-14(25)20-5-6-23/h1-4,6-7,21H,5,8H2,(H2,20,22,25). The van der Waals surface area contributed by atoms with Crippen LogP contribution in [0.5, 0.6) is 0 Å². The van der Waals surface area contributed by atoms with Gasteiger partial charge in [0.05, 0.1) is 18.7 Å². The van der Waals surface area contributed by atoms with Gasteiger partial charge in [-0.05, 0) is 42.5 Å². The topological polar surface area (TPSA) is 66.3 Å². The van der Waals surface area contributed by atoms with E-state index in [1.807, 2.05) is 0 Å². The lowest BCUT2D eigenvalue weighted by molar-refractivity contribution is -0.139. The van der Waals surface area contributed by atoms with Gasteiger partial charge < -0.3 is 14.5 Å². The van der Waals surface area contributed by atoms with Crippen LogP contribution in [0.15, 0.2) is 34.7 Å². The monoisotopic (exact) mass is 375 g/mol. The molecule has 10 heteroatoms.